The van der Waals surface area contributed by atoms with Crippen LogP contribution in [0.3, 0.4) is 0 Å². The normalized spacial score (nSPS) is 13.9. The molecule has 3 amide bonds. The maximum atomic E-state index is 12.9. The van der Waals surface area contributed by atoms with Gasteiger partial charge in [-0.2, -0.15) is 0 Å². The van der Waals surface area contributed by atoms with Crippen LogP contribution in [0.1, 0.15) is 33.3 Å². The minimum Gasteiger partial charge on any atom is -0.352 e. The Morgan fingerprint density at radius 3 is 2.34 bits per heavy atom. The van der Waals surface area contributed by atoms with Gasteiger partial charge in [-0.3, -0.25) is 19.4 Å². The number of rotatable bonds is 5. The highest BCUT2D eigenvalue weighted by molar-refractivity contribution is 5.98. The molecule has 29 heavy (non-hydrogen) atoms. The Labute approximate surface area is 168 Å². The van der Waals surface area contributed by atoms with Gasteiger partial charge in [-0.15, -0.1) is 0 Å². The molecule has 1 aliphatic heterocycles. The predicted molar refractivity (Wildman–Crippen MR) is 105 cm³/mol. The second-order valence-electron chi connectivity index (χ2n) is 6.86. The quantitative estimate of drug-likeness (QED) is 0.828. The summed E-state index contributed by atoms with van der Waals surface area (Å²) >= 11 is 0. The molecular weight excluding hydrogens is 375 g/mol. The van der Waals surface area contributed by atoms with Gasteiger partial charge < -0.3 is 15.1 Å². The van der Waals surface area contributed by atoms with Crippen molar-refractivity contribution in [2.24, 2.45) is 0 Å². The van der Waals surface area contributed by atoms with Crippen LogP contribution >= 0.6 is 0 Å². The number of piperazine rings is 1. The number of halogens is 1. The van der Waals surface area contributed by atoms with Crippen molar-refractivity contribution >= 4 is 17.7 Å². The lowest BCUT2D eigenvalue weighted by molar-refractivity contribution is -0.130. The van der Waals surface area contributed by atoms with E-state index in [1.807, 2.05) is 0 Å². The molecule has 1 aromatic carbocycles. The SMILES string of the molecule is CC(=O)N1CCN(C(=O)c2cc(C(=O)NCCc3ccc(F)cc3)ccn2)CC1. The van der Waals surface area contributed by atoms with Gasteiger partial charge in [-0.1, -0.05) is 12.1 Å². The molecule has 0 unspecified atom stereocenters. The summed E-state index contributed by atoms with van der Waals surface area (Å²) in [6.07, 6.45) is 2.01. The van der Waals surface area contributed by atoms with Crippen LogP contribution in [-0.2, 0) is 11.2 Å². The van der Waals surface area contributed by atoms with Crippen LogP contribution in [0.5, 0.6) is 0 Å². The average Bonchev–Trinajstić information content (AvgIpc) is 2.74. The van der Waals surface area contributed by atoms with Gasteiger partial charge in [0.15, 0.2) is 0 Å². The highest BCUT2D eigenvalue weighted by Crippen LogP contribution is 2.10. The van der Waals surface area contributed by atoms with Gasteiger partial charge in [0, 0.05) is 51.4 Å². The lowest BCUT2D eigenvalue weighted by atomic mass is 10.1. The third kappa shape index (κ3) is 5.37. The fourth-order valence-electron chi connectivity index (χ4n) is 3.15. The summed E-state index contributed by atoms with van der Waals surface area (Å²) in [5.74, 6) is -0.858. The summed E-state index contributed by atoms with van der Waals surface area (Å²) in [5, 5.41) is 2.80. The topological polar surface area (TPSA) is 82.6 Å². The Morgan fingerprint density at radius 1 is 1.03 bits per heavy atom. The van der Waals surface area contributed by atoms with E-state index in [4.69, 9.17) is 0 Å². The van der Waals surface area contributed by atoms with Crippen molar-refractivity contribution < 1.29 is 18.8 Å². The second kappa shape index (κ2) is 9.27. The van der Waals surface area contributed by atoms with Crippen molar-refractivity contribution in [3.8, 4) is 0 Å². The number of benzene rings is 1. The van der Waals surface area contributed by atoms with E-state index >= 15 is 0 Å². The van der Waals surface area contributed by atoms with Crippen LogP contribution in [0, 0.1) is 5.82 Å². The molecule has 1 aromatic heterocycles. The van der Waals surface area contributed by atoms with E-state index in [-0.39, 0.29) is 29.2 Å². The second-order valence-corrected chi connectivity index (χ2v) is 6.86. The Kier molecular flexibility index (Phi) is 6.54. The zero-order valence-corrected chi connectivity index (χ0v) is 16.2. The van der Waals surface area contributed by atoms with Crippen molar-refractivity contribution in [1.29, 1.82) is 0 Å². The molecule has 0 bridgehead atoms. The van der Waals surface area contributed by atoms with Gasteiger partial charge in [-0.05, 0) is 36.2 Å². The minimum atomic E-state index is -0.301. The minimum absolute atomic E-state index is 0.00507. The zero-order valence-electron chi connectivity index (χ0n) is 16.2. The molecule has 0 atom stereocenters. The van der Waals surface area contributed by atoms with Crippen molar-refractivity contribution in [3.63, 3.8) is 0 Å². The molecule has 152 valence electrons. The molecule has 0 saturated carbocycles. The van der Waals surface area contributed by atoms with Gasteiger partial charge >= 0.3 is 0 Å². The summed E-state index contributed by atoms with van der Waals surface area (Å²) in [6.45, 7) is 3.76. The number of carbonyl (C=O) groups excluding carboxylic acids is 3. The Morgan fingerprint density at radius 2 is 1.69 bits per heavy atom. The number of carbonyl (C=O) groups is 3. The highest BCUT2D eigenvalue weighted by atomic mass is 19.1. The van der Waals surface area contributed by atoms with Crippen LogP contribution in [0.4, 0.5) is 4.39 Å². The smallest absolute Gasteiger partial charge is 0.272 e. The van der Waals surface area contributed by atoms with Crippen LogP contribution in [0.25, 0.3) is 0 Å². The van der Waals surface area contributed by atoms with Gasteiger partial charge in [0.25, 0.3) is 11.8 Å². The number of hydrogen-bond acceptors (Lipinski definition) is 4. The van der Waals surface area contributed by atoms with Gasteiger partial charge in [0.1, 0.15) is 11.5 Å². The lowest BCUT2D eigenvalue weighted by Gasteiger charge is -2.34. The van der Waals surface area contributed by atoms with Crippen LogP contribution in [-0.4, -0.2) is 65.2 Å². The van der Waals surface area contributed by atoms with E-state index in [0.29, 0.717) is 44.7 Å². The van der Waals surface area contributed by atoms with E-state index in [1.54, 1.807) is 28.0 Å². The van der Waals surface area contributed by atoms with Crippen molar-refractivity contribution in [2.75, 3.05) is 32.7 Å². The van der Waals surface area contributed by atoms with Crippen LogP contribution in [0.2, 0.25) is 0 Å². The summed E-state index contributed by atoms with van der Waals surface area (Å²) in [5.41, 5.74) is 1.47. The number of amides is 3. The molecule has 1 fully saturated rings. The molecule has 8 heteroatoms. The number of nitrogens with zero attached hydrogens (tertiary/aromatic N) is 3. The average molecular weight is 398 g/mol. The lowest BCUT2D eigenvalue weighted by Crippen LogP contribution is -2.50. The summed E-state index contributed by atoms with van der Waals surface area (Å²) in [7, 11) is 0. The molecule has 0 radical (unpaired) electrons. The fraction of sp³-hybridized carbons (Fsp3) is 0.333. The van der Waals surface area contributed by atoms with Crippen molar-refractivity contribution in [2.45, 2.75) is 13.3 Å². The first-order valence-electron chi connectivity index (χ1n) is 9.47. The van der Waals surface area contributed by atoms with Crippen molar-refractivity contribution in [1.82, 2.24) is 20.1 Å². The maximum absolute atomic E-state index is 12.9. The largest absolute Gasteiger partial charge is 0.352 e. The highest BCUT2D eigenvalue weighted by Gasteiger charge is 2.24. The molecule has 0 spiro atoms. The number of hydrogen-bond donors (Lipinski definition) is 1. The van der Waals surface area contributed by atoms with E-state index in [9.17, 15) is 18.8 Å². The Bertz CT molecular complexity index is 893. The molecule has 1 N–H and O–H groups in total. The summed E-state index contributed by atoms with van der Waals surface area (Å²) in [4.78, 5) is 43.9. The molecule has 2 heterocycles. The zero-order chi connectivity index (χ0) is 20.8. The Hall–Kier alpha value is -3.29. The van der Waals surface area contributed by atoms with Gasteiger partial charge in [-0.25, -0.2) is 4.39 Å². The molecule has 7 nitrogen and oxygen atoms in total. The van der Waals surface area contributed by atoms with E-state index in [2.05, 4.69) is 10.3 Å². The molecule has 1 aliphatic rings. The van der Waals surface area contributed by atoms with Gasteiger partial charge in [0.2, 0.25) is 5.91 Å². The molecule has 3 rings (SSSR count). The number of pyridine rings is 1. The van der Waals surface area contributed by atoms with E-state index in [1.165, 1.54) is 31.3 Å². The van der Waals surface area contributed by atoms with Crippen molar-refractivity contribution in [3.05, 3.63) is 65.2 Å². The van der Waals surface area contributed by atoms with E-state index in [0.717, 1.165) is 5.56 Å². The third-order valence-corrected chi connectivity index (χ3v) is 4.87. The summed E-state index contributed by atoms with van der Waals surface area (Å²) in [6, 6.07) is 9.15. The Balaban J connectivity index is 1.55. The molecule has 0 aliphatic carbocycles. The first-order valence-corrected chi connectivity index (χ1v) is 9.47. The monoisotopic (exact) mass is 398 g/mol. The number of nitrogens with one attached hydrogen (secondary N) is 1. The molecular formula is C21H23FN4O3. The summed E-state index contributed by atoms with van der Waals surface area (Å²) < 4.78 is 12.9. The third-order valence-electron chi connectivity index (χ3n) is 4.87. The molecule has 1 saturated heterocycles. The number of aromatic nitrogens is 1. The first-order chi connectivity index (χ1) is 13.9. The fourth-order valence-corrected chi connectivity index (χ4v) is 3.15. The van der Waals surface area contributed by atoms with E-state index < -0.39 is 0 Å². The predicted octanol–water partition coefficient (Wildman–Crippen LogP) is 1.50. The standard InChI is InChI=1S/C21H23FN4O3/c1-15(27)25-10-12-26(13-11-25)21(29)19-14-17(7-9-23-19)20(28)24-8-6-16-2-4-18(22)5-3-16/h2-5,7,9,14H,6,8,10-13H2,1H3,(H,24,28). The van der Waals surface area contributed by atoms with Crippen LogP contribution in [0.15, 0.2) is 42.6 Å². The van der Waals surface area contributed by atoms with Crippen LogP contribution < -0.4 is 5.32 Å². The maximum Gasteiger partial charge on any atom is 0.272 e. The van der Waals surface area contributed by atoms with Gasteiger partial charge in [0.05, 0.1) is 0 Å². The first kappa shape index (κ1) is 20.4. The molecule has 2 aromatic rings.